The Morgan fingerprint density at radius 1 is 1.10 bits per heavy atom. The van der Waals surface area contributed by atoms with Crippen molar-refractivity contribution in [3.05, 3.63) is 59.9 Å². The first-order valence-corrected chi connectivity index (χ1v) is 6.92. The average Bonchev–Trinajstić information content (AvgIpc) is 2.94. The Hall–Kier alpha value is -2.35. The predicted molar refractivity (Wildman–Crippen MR) is 81.1 cm³/mol. The van der Waals surface area contributed by atoms with Crippen molar-refractivity contribution in [2.45, 2.75) is 13.3 Å². The van der Waals surface area contributed by atoms with Gasteiger partial charge in [-0.1, -0.05) is 18.2 Å². The molecule has 0 fully saturated rings. The van der Waals surface area contributed by atoms with Gasteiger partial charge in [-0.05, 0) is 52.8 Å². The Kier molecular flexibility index (Phi) is 2.49. The summed E-state index contributed by atoms with van der Waals surface area (Å²) in [6.07, 6.45) is 4.81. The number of benzene rings is 2. The fourth-order valence-corrected chi connectivity index (χ4v) is 3.00. The van der Waals surface area contributed by atoms with Crippen LogP contribution in [0.4, 0.5) is 0 Å². The van der Waals surface area contributed by atoms with Crippen LogP contribution in [0.1, 0.15) is 11.1 Å². The topological polar surface area (TPSA) is 22.1 Å². The molecule has 2 heterocycles. The summed E-state index contributed by atoms with van der Waals surface area (Å²) in [6.45, 7) is 2.96. The number of hydrogen-bond acceptors (Lipinski definition) is 2. The van der Waals surface area contributed by atoms with Gasteiger partial charge in [-0.2, -0.15) is 0 Å². The van der Waals surface area contributed by atoms with Crippen molar-refractivity contribution in [2.75, 3.05) is 6.61 Å². The molecule has 0 unspecified atom stereocenters. The van der Waals surface area contributed by atoms with Gasteiger partial charge in [0.1, 0.15) is 5.75 Å². The quantitative estimate of drug-likeness (QED) is 0.656. The van der Waals surface area contributed by atoms with Gasteiger partial charge in [0.15, 0.2) is 0 Å². The fourth-order valence-electron chi connectivity index (χ4n) is 3.00. The van der Waals surface area contributed by atoms with E-state index in [2.05, 4.69) is 48.3 Å². The Labute approximate surface area is 118 Å². The summed E-state index contributed by atoms with van der Waals surface area (Å²) < 4.78 is 5.59. The number of aromatic nitrogens is 1. The first kappa shape index (κ1) is 11.5. The Bertz CT molecular complexity index is 808. The van der Waals surface area contributed by atoms with Crippen molar-refractivity contribution >= 4 is 10.8 Å². The van der Waals surface area contributed by atoms with Crippen LogP contribution in [0.15, 0.2) is 48.8 Å². The number of ether oxygens (including phenoxy) is 1. The van der Waals surface area contributed by atoms with Crippen LogP contribution in [-0.2, 0) is 6.42 Å². The van der Waals surface area contributed by atoms with E-state index in [1.54, 1.807) is 0 Å². The summed E-state index contributed by atoms with van der Waals surface area (Å²) >= 11 is 0. The smallest absolute Gasteiger partial charge is 0.122 e. The van der Waals surface area contributed by atoms with Crippen LogP contribution in [0.5, 0.6) is 5.75 Å². The molecule has 98 valence electrons. The van der Waals surface area contributed by atoms with Crippen molar-refractivity contribution in [2.24, 2.45) is 0 Å². The lowest BCUT2D eigenvalue weighted by atomic mass is 9.94. The average molecular weight is 261 g/mol. The maximum absolute atomic E-state index is 5.59. The molecule has 1 aliphatic rings. The predicted octanol–water partition coefficient (Wildman–Crippen LogP) is 4.15. The molecule has 2 nitrogen and oxygen atoms in total. The molecule has 0 saturated carbocycles. The molecule has 4 rings (SSSR count). The summed E-state index contributed by atoms with van der Waals surface area (Å²) in [7, 11) is 0. The molecule has 2 heteroatoms. The van der Waals surface area contributed by atoms with Gasteiger partial charge in [0.05, 0.1) is 6.61 Å². The number of aryl methyl sites for hydroxylation is 1. The van der Waals surface area contributed by atoms with Crippen LogP contribution in [0, 0.1) is 6.92 Å². The second-order valence-corrected chi connectivity index (χ2v) is 5.28. The van der Waals surface area contributed by atoms with E-state index < -0.39 is 0 Å². The molecule has 1 aliphatic heterocycles. The van der Waals surface area contributed by atoms with Crippen molar-refractivity contribution in [3.63, 3.8) is 0 Å². The zero-order chi connectivity index (χ0) is 13.5. The minimum absolute atomic E-state index is 0.800. The van der Waals surface area contributed by atoms with Gasteiger partial charge in [-0.3, -0.25) is 4.98 Å². The molecule has 0 saturated heterocycles. The first-order chi connectivity index (χ1) is 9.83. The number of nitrogens with zero attached hydrogens (tertiary/aromatic N) is 1. The lowest BCUT2D eigenvalue weighted by Gasteiger charge is -2.11. The monoisotopic (exact) mass is 261 g/mol. The van der Waals surface area contributed by atoms with Crippen molar-refractivity contribution in [1.29, 1.82) is 0 Å². The van der Waals surface area contributed by atoms with Crippen LogP contribution in [0.25, 0.3) is 21.9 Å². The Morgan fingerprint density at radius 2 is 2.05 bits per heavy atom. The van der Waals surface area contributed by atoms with Gasteiger partial charge in [0.25, 0.3) is 0 Å². The molecular formula is C18H15NO. The Balaban J connectivity index is 2.00. The number of pyridine rings is 1. The molecule has 0 bridgehead atoms. The van der Waals surface area contributed by atoms with Crippen molar-refractivity contribution in [3.8, 4) is 16.9 Å². The van der Waals surface area contributed by atoms with E-state index in [-0.39, 0.29) is 0 Å². The van der Waals surface area contributed by atoms with Crippen molar-refractivity contribution < 1.29 is 4.74 Å². The standard InChI is InChI=1S/C18H15NO/c1-12-2-3-13-6-8-19-11-16(13)18(12)15-4-5-17-14(10-15)7-9-20-17/h2-6,8,10-11H,7,9H2,1H3. The van der Waals surface area contributed by atoms with E-state index in [0.29, 0.717) is 0 Å². The van der Waals surface area contributed by atoms with E-state index in [1.165, 1.54) is 33.0 Å². The molecule has 0 N–H and O–H groups in total. The normalized spacial score (nSPS) is 13.2. The molecule has 2 aromatic carbocycles. The Morgan fingerprint density at radius 3 is 3.00 bits per heavy atom. The second kappa shape index (κ2) is 4.34. The summed E-state index contributed by atoms with van der Waals surface area (Å²) in [6, 6.07) is 12.9. The summed E-state index contributed by atoms with van der Waals surface area (Å²) in [5, 5.41) is 2.45. The lowest BCUT2D eigenvalue weighted by Crippen LogP contribution is -1.88. The molecule has 0 amide bonds. The third-order valence-corrected chi connectivity index (χ3v) is 4.01. The van der Waals surface area contributed by atoms with Gasteiger partial charge < -0.3 is 4.74 Å². The lowest BCUT2D eigenvalue weighted by molar-refractivity contribution is 0.357. The molecule has 1 aromatic heterocycles. The third kappa shape index (κ3) is 1.68. The van der Waals surface area contributed by atoms with E-state index in [1.807, 2.05) is 12.4 Å². The molecule has 20 heavy (non-hydrogen) atoms. The highest BCUT2D eigenvalue weighted by molar-refractivity contribution is 5.97. The minimum Gasteiger partial charge on any atom is -0.493 e. The minimum atomic E-state index is 0.800. The maximum Gasteiger partial charge on any atom is 0.122 e. The van der Waals surface area contributed by atoms with Gasteiger partial charge in [-0.25, -0.2) is 0 Å². The largest absolute Gasteiger partial charge is 0.493 e. The second-order valence-electron chi connectivity index (χ2n) is 5.28. The molecule has 0 atom stereocenters. The summed E-state index contributed by atoms with van der Waals surface area (Å²) in [4.78, 5) is 4.29. The molecular weight excluding hydrogens is 246 g/mol. The molecule has 0 spiro atoms. The van der Waals surface area contributed by atoms with Gasteiger partial charge in [0.2, 0.25) is 0 Å². The van der Waals surface area contributed by atoms with Gasteiger partial charge in [-0.15, -0.1) is 0 Å². The van der Waals surface area contributed by atoms with Crippen LogP contribution in [0.3, 0.4) is 0 Å². The van der Waals surface area contributed by atoms with Crippen molar-refractivity contribution in [1.82, 2.24) is 4.98 Å². The number of fused-ring (bicyclic) bond motifs is 2. The van der Waals surface area contributed by atoms with Crippen LogP contribution in [0.2, 0.25) is 0 Å². The van der Waals surface area contributed by atoms with Crippen LogP contribution in [-0.4, -0.2) is 11.6 Å². The van der Waals surface area contributed by atoms with Crippen LogP contribution < -0.4 is 4.74 Å². The highest BCUT2D eigenvalue weighted by Crippen LogP contribution is 2.35. The van der Waals surface area contributed by atoms with E-state index in [4.69, 9.17) is 4.74 Å². The van der Waals surface area contributed by atoms with E-state index in [9.17, 15) is 0 Å². The third-order valence-electron chi connectivity index (χ3n) is 4.01. The number of rotatable bonds is 1. The zero-order valence-corrected chi connectivity index (χ0v) is 11.4. The zero-order valence-electron chi connectivity index (χ0n) is 11.4. The first-order valence-electron chi connectivity index (χ1n) is 6.92. The summed E-state index contributed by atoms with van der Waals surface area (Å²) in [5.41, 5.74) is 5.13. The van der Waals surface area contributed by atoms with Crippen LogP contribution >= 0.6 is 0 Å². The highest BCUT2D eigenvalue weighted by Gasteiger charge is 2.14. The van der Waals surface area contributed by atoms with Gasteiger partial charge >= 0.3 is 0 Å². The number of hydrogen-bond donors (Lipinski definition) is 0. The fraction of sp³-hybridized carbons (Fsp3) is 0.167. The van der Waals surface area contributed by atoms with Gasteiger partial charge in [0, 0.05) is 24.2 Å². The maximum atomic E-state index is 5.59. The SMILES string of the molecule is Cc1ccc2ccncc2c1-c1ccc2c(c1)CCO2. The van der Waals surface area contributed by atoms with E-state index in [0.717, 1.165) is 18.8 Å². The molecule has 3 aromatic rings. The molecule has 0 radical (unpaired) electrons. The highest BCUT2D eigenvalue weighted by atomic mass is 16.5. The summed E-state index contributed by atoms with van der Waals surface area (Å²) in [5.74, 6) is 1.03. The van der Waals surface area contributed by atoms with E-state index >= 15 is 0 Å². The molecule has 0 aliphatic carbocycles.